The first kappa shape index (κ1) is 21.2. The summed E-state index contributed by atoms with van der Waals surface area (Å²) >= 11 is 11.9. The third-order valence-electron chi connectivity index (χ3n) is 3.62. The molecule has 27 heavy (non-hydrogen) atoms. The zero-order valence-electron chi connectivity index (χ0n) is 14.9. The summed E-state index contributed by atoms with van der Waals surface area (Å²) in [6, 6.07) is 8.09. The van der Waals surface area contributed by atoms with Crippen LogP contribution in [-0.2, 0) is 22.5 Å². The lowest BCUT2D eigenvalue weighted by molar-refractivity contribution is -0.153. The van der Waals surface area contributed by atoms with Gasteiger partial charge in [-0.1, -0.05) is 23.2 Å². The molecule has 0 saturated heterocycles. The fourth-order valence-electron chi connectivity index (χ4n) is 2.43. The number of aliphatic carboxylic acids is 1. The third kappa shape index (κ3) is 6.50. The Hall–Kier alpha value is -2.15. The summed E-state index contributed by atoms with van der Waals surface area (Å²) in [6.07, 6.45) is 0.638. The molecule has 1 atom stereocenters. The van der Waals surface area contributed by atoms with Gasteiger partial charge in [-0.05, 0) is 49.7 Å². The molecule has 1 aromatic heterocycles. The molecule has 6 nitrogen and oxygen atoms in total. The lowest BCUT2D eigenvalue weighted by atomic mass is 10.1. The topological polar surface area (TPSA) is 88.5 Å². The van der Waals surface area contributed by atoms with Crippen LogP contribution >= 0.6 is 23.2 Å². The van der Waals surface area contributed by atoms with Gasteiger partial charge in [-0.15, -0.1) is 0 Å². The Balaban J connectivity index is 2.02. The van der Waals surface area contributed by atoms with E-state index < -0.39 is 12.1 Å². The van der Waals surface area contributed by atoms with Gasteiger partial charge in [0.05, 0.1) is 28.9 Å². The fraction of sp³-hybridized carbons (Fsp3) is 0.316. The van der Waals surface area contributed by atoms with E-state index in [0.29, 0.717) is 16.3 Å². The van der Waals surface area contributed by atoms with Gasteiger partial charge in [0.25, 0.3) is 5.91 Å². The highest BCUT2D eigenvalue weighted by molar-refractivity contribution is 6.36. The highest BCUT2D eigenvalue weighted by atomic mass is 35.5. The number of carboxylic acids is 1. The Bertz CT molecular complexity index is 827. The van der Waals surface area contributed by atoms with E-state index in [0.717, 1.165) is 5.56 Å². The molecule has 0 spiro atoms. The highest BCUT2D eigenvalue weighted by Crippen LogP contribution is 2.21. The van der Waals surface area contributed by atoms with E-state index in [9.17, 15) is 14.7 Å². The monoisotopic (exact) mass is 410 g/mol. The molecule has 1 heterocycles. The molecule has 0 saturated carbocycles. The first-order valence-electron chi connectivity index (χ1n) is 8.31. The number of carboxylic acid groups (broad SMARTS) is 1. The summed E-state index contributed by atoms with van der Waals surface area (Å²) in [4.78, 5) is 27.8. The number of hydrogen-bond donors (Lipinski definition) is 2. The number of nitrogens with one attached hydrogen (secondary N) is 1. The molecule has 0 aliphatic rings. The molecular weight excluding hydrogens is 391 g/mol. The van der Waals surface area contributed by atoms with Crippen molar-refractivity contribution in [3.05, 3.63) is 63.4 Å². The van der Waals surface area contributed by atoms with Crippen LogP contribution in [0, 0.1) is 0 Å². The quantitative estimate of drug-likeness (QED) is 0.691. The van der Waals surface area contributed by atoms with E-state index in [-0.39, 0.29) is 30.0 Å². The number of carbonyl (C=O) groups excluding carboxylic acids is 1. The van der Waals surface area contributed by atoms with Crippen LogP contribution in [0.4, 0.5) is 0 Å². The number of nitrogens with zero attached hydrogens (tertiary/aromatic N) is 1. The molecule has 2 aromatic rings. The third-order valence-corrected chi connectivity index (χ3v) is 4.17. The van der Waals surface area contributed by atoms with Crippen molar-refractivity contribution in [1.29, 1.82) is 0 Å². The molecule has 1 unspecified atom stereocenters. The van der Waals surface area contributed by atoms with Crippen LogP contribution in [-0.4, -0.2) is 34.2 Å². The molecule has 1 amide bonds. The smallest absolute Gasteiger partial charge is 0.333 e. The second-order valence-electron chi connectivity index (χ2n) is 6.18. The summed E-state index contributed by atoms with van der Waals surface area (Å²) in [6.45, 7) is 3.74. The van der Waals surface area contributed by atoms with Crippen LogP contribution in [0.1, 0.15) is 35.5 Å². The average Bonchev–Trinajstić information content (AvgIpc) is 2.59. The number of carbonyl (C=O) groups is 2. The molecular formula is C19H20Cl2N2O4. The normalized spacial score (nSPS) is 12.0. The van der Waals surface area contributed by atoms with Crippen LogP contribution < -0.4 is 5.32 Å². The van der Waals surface area contributed by atoms with Gasteiger partial charge in [0.1, 0.15) is 0 Å². The zero-order valence-corrected chi connectivity index (χ0v) is 16.4. The van der Waals surface area contributed by atoms with Gasteiger partial charge < -0.3 is 15.2 Å². The van der Waals surface area contributed by atoms with E-state index in [1.165, 1.54) is 6.07 Å². The van der Waals surface area contributed by atoms with Gasteiger partial charge in [0.2, 0.25) is 0 Å². The maximum Gasteiger partial charge on any atom is 0.333 e. The molecule has 144 valence electrons. The van der Waals surface area contributed by atoms with Gasteiger partial charge in [0, 0.05) is 17.6 Å². The van der Waals surface area contributed by atoms with Crippen molar-refractivity contribution >= 4 is 35.1 Å². The van der Waals surface area contributed by atoms with E-state index in [1.54, 1.807) is 44.3 Å². The molecule has 8 heteroatoms. The number of benzene rings is 1. The molecule has 0 aliphatic heterocycles. The SMILES string of the molecule is CC(C)OC(Cc1ccnc(CNC(=O)c2ccc(Cl)cc2Cl)c1)C(=O)O. The molecule has 0 bridgehead atoms. The average molecular weight is 411 g/mol. The molecule has 0 fully saturated rings. The molecule has 0 radical (unpaired) electrons. The molecule has 1 aromatic carbocycles. The maximum atomic E-state index is 12.3. The minimum Gasteiger partial charge on any atom is -0.479 e. The number of amides is 1. The summed E-state index contributed by atoms with van der Waals surface area (Å²) in [7, 11) is 0. The summed E-state index contributed by atoms with van der Waals surface area (Å²) in [5.41, 5.74) is 1.67. The fourth-order valence-corrected chi connectivity index (χ4v) is 2.92. The Labute approximate surface area is 167 Å². The van der Waals surface area contributed by atoms with E-state index in [1.807, 2.05) is 0 Å². The summed E-state index contributed by atoms with van der Waals surface area (Å²) in [5.74, 6) is -1.37. The van der Waals surface area contributed by atoms with Crippen molar-refractivity contribution in [1.82, 2.24) is 10.3 Å². The van der Waals surface area contributed by atoms with Crippen LogP contribution in [0.5, 0.6) is 0 Å². The first-order valence-corrected chi connectivity index (χ1v) is 9.07. The number of ether oxygens (including phenoxy) is 1. The van der Waals surface area contributed by atoms with Gasteiger partial charge >= 0.3 is 5.97 Å². The van der Waals surface area contributed by atoms with Gasteiger partial charge in [-0.2, -0.15) is 0 Å². The van der Waals surface area contributed by atoms with Crippen LogP contribution in [0.2, 0.25) is 10.0 Å². The second-order valence-corrected chi connectivity index (χ2v) is 7.02. The Kier molecular flexibility index (Phi) is 7.59. The van der Waals surface area contributed by atoms with Crippen LogP contribution in [0.3, 0.4) is 0 Å². The maximum absolute atomic E-state index is 12.3. The minimum absolute atomic E-state index is 0.175. The van der Waals surface area contributed by atoms with Crippen molar-refractivity contribution in [2.45, 2.75) is 39.0 Å². The van der Waals surface area contributed by atoms with Crippen LogP contribution in [0.15, 0.2) is 36.5 Å². The Morgan fingerprint density at radius 3 is 2.59 bits per heavy atom. The number of aromatic nitrogens is 1. The largest absolute Gasteiger partial charge is 0.479 e. The van der Waals surface area contributed by atoms with E-state index >= 15 is 0 Å². The van der Waals surface area contributed by atoms with Crippen molar-refractivity contribution in [3.8, 4) is 0 Å². The van der Waals surface area contributed by atoms with Crippen LogP contribution in [0.25, 0.3) is 0 Å². The van der Waals surface area contributed by atoms with Gasteiger partial charge in [-0.3, -0.25) is 9.78 Å². The standard InChI is InChI=1S/C19H20Cl2N2O4/c1-11(2)27-17(19(25)26)8-12-5-6-22-14(7-12)10-23-18(24)15-4-3-13(20)9-16(15)21/h3-7,9,11,17H,8,10H2,1-2H3,(H,23,24)(H,25,26). The second kappa shape index (κ2) is 9.69. The van der Waals surface area contributed by atoms with Crippen molar-refractivity contribution in [2.24, 2.45) is 0 Å². The molecule has 2 rings (SSSR count). The lowest BCUT2D eigenvalue weighted by Crippen LogP contribution is -2.29. The first-order chi connectivity index (χ1) is 12.8. The van der Waals surface area contributed by atoms with Gasteiger partial charge in [0.15, 0.2) is 6.10 Å². The minimum atomic E-state index is -1.02. The highest BCUT2D eigenvalue weighted by Gasteiger charge is 2.20. The number of rotatable bonds is 8. The number of pyridine rings is 1. The van der Waals surface area contributed by atoms with Crippen molar-refractivity contribution in [3.63, 3.8) is 0 Å². The van der Waals surface area contributed by atoms with E-state index in [2.05, 4.69) is 10.3 Å². The predicted octanol–water partition coefficient (Wildman–Crippen LogP) is 3.74. The van der Waals surface area contributed by atoms with E-state index in [4.69, 9.17) is 27.9 Å². The summed E-state index contributed by atoms with van der Waals surface area (Å²) < 4.78 is 5.42. The summed E-state index contributed by atoms with van der Waals surface area (Å²) in [5, 5.41) is 12.7. The van der Waals surface area contributed by atoms with Crippen molar-refractivity contribution in [2.75, 3.05) is 0 Å². The Morgan fingerprint density at radius 2 is 1.96 bits per heavy atom. The Morgan fingerprint density at radius 1 is 1.22 bits per heavy atom. The zero-order chi connectivity index (χ0) is 20.0. The molecule has 0 aliphatic carbocycles. The van der Waals surface area contributed by atoms with Gasteiger partial charge in [-0.25, -0.2) is 4.79 Å². The van der Waals surface area contributed by atoms with Crippen molar-refractivity contribution < 1.29 is 19.4 Å². The number of hydrogen-bond acceptors (Lipinski definition) is 4. The lowest BCUT2D eigenvalue weighted by Gasteiger charge is -2.16. The number of halogens is 2. The predicted molar refractivity (Wildman–Crippen MR) is 103 cm³/mol. The molecule has 2 N–H and O–H groups in total.